The van der Waals surface area contributed by atoms with Gasteiger partial charge in [-0.25, -0.2) is 0 Å². The second-order valence-corrected chi connectivity index (χ2v) is 7.53. The lowest BCUT2D eigenvalue weighted by Crippen LogP contribution is -2.36. The summed E-state index contributed by atoms with van der Waals surface area (Å²) in [5.41, 5.74) is 0. The fourth-order valence-electron chi connectivity index (χ4n) is 3.30. The molecule has 0 aromatic carbocycles. The Bertz CT molecular complexity index is 510. The summed E-state index contributed by atoms with van der Waals surface area (Å²) in [4.78, 5) is 23.6. The van der Waals surface area contributed by atoms with Gasteiger partial charge in [-0.3, -0.25) is 9.59 Å². The number of aliphatic carboxylic acids is 1. The number of likely N-dealkylation sites (tertiary alicyclic amines) is 1. The van der Waals surface area contributed by atoms with E-state index in [4.69, 9.17) is 5.11 Å². The summed E-state index contributed by atoms with van der Waals surface area (Å²) < 4.78 is 27.7. The number of nitrogens with zero attached hydrogens (tertiary/aromatic N) is 1. The first-order valence-corrected chi connectivity index (χ1v) is 9.96. The molecule has 3 atom stereocenters. The highest BCUT2D eigenvalue weighted by Gasteiger charge is 2.52. The van der Waals surface area contributed by atoms with Gasteiger partial charge in [0.05, 0.1) is 12.1 Å². The van der Waals surface area contributed by atoms with E-state index < -0.39 is 36.4 Å². The second kappa shape index (κ2) is 11.4. The van der Waals surface area contributed by atoms with Crippen LogP contribution in [-0.4, -0.2) is 51.6 Å². The molecule has 1 unspecified atom stereocenters. The number of hydrogen-bond acceptors (Lipinski definition) is 3. The number of carbonyl (C=O) groups is 2. The minimum atomic E-state index is -3.36. The van der Waals surface area contributed by atoms with Gasteiger partial charge in [0, 0.05) is 19.4 Å². The zero-order valence-electron chi connectivity index (χ0n) is 16.4. The molecule has 0 aromatic rings. The van der Waals surface area contributed by atoms with E-state index in [-0.39, 0.29) is 18.9 Å². The van der Waals surface area contributed by atoms with Gasteiger partial charge in [0.1, 0.15) is 0 Å². The molecular formula is C20H33F2NO4. The molecule has 1 saturated heterocycles. The Kier molecular flexibility index (Phi) is 9.91. The predicted octanol–water partition coefficient (Wildman–Crippen LogP) is 4.00. The number of hydrogen-bond donors (Lipinski definition) is 2. The highest BCUT2D eigenvalue weighted by atomic mass is 19.3. The van der Waals surface area contributed by atoms with Crippen LogP contribution in [0.1, 0.15) is 71.6 Å². The standard InChI is InChI=1S/C20H33F2NO4/c1-3-4-9-15(2)17(24)12-11-16-14-20(21,22)19(27)23(16)13-8-6-5-7-10-18(25)26/h11-12,15-17,24H,3-10,13-14H2,1-2H3,(H,25,26)/t15-,16?,17+/m0/s1. The van der Waals surface area contributed by atoms with Gasteiger partial charge >= 0.3 is 11.9 Å². The first-order chi connectivity index (χ1) is 12.7. The van der Waals surface area contributed by atoms with Gasteiger partial charge in [-0.2, -0.15) is 8.78 Å². The van der Waals surface area contributed by atoms with Crippen molar-refractivity contribution < 1.29 is 28.6 Å². The molecule has 1 fully saturated rings. The third-order valence-electron chi connectivity index (χ3n) is 5.11. The summed E-state index contributed by atoms with van der Waals surface area (Å²) in [6.45, 7) is 4.21. The van der Waals surface area contributed by atoms with Gasteiger partial charge in [0.2, 0.25) is 0 Å². The van der Waals surface area contributed by atoms with Crippen molar-refractivity contribution >= 4 is 11.9 Å². The highest BCUT2D eigenvalue weighted by molar-refractivity contribution is 5.86. The molecule has 1 amide bonds. The van der Waals surface area contributed by atoms with Crippen molar-refractivity contribution in [1.29, 1.82) is 0 Å². The lowest BCUT2D eigenvalue weighted by atomic mass is 9.97. The maximum absolute atomic E-state index is 13.9. The van der Waals surface area contributed by atoms with Crippen LogP contribution < -0.4 is 0 Å². The van der Waals surface area contributed by atoms with Crippen LogP contribution in [0.2, 0.25) is 0 Å². The molecule has 0 radical (unpaired) electrons. The van der Waals surface area contributed by atoms with Gasteiger partial charge in [-0.1, -0.05) is 51.7 Å². The Morgan fingerprint density at radius 3 is 2.59 bits per heavy atom. The smallest absolute Gasteiger partial charge is 0.327 e. The Morgan fingerprint density at radius 2 is 1.96 bits per heavy atom. The van der Waals surface area contributed by atoms with E-state index >= 15 is 0 Å². The van der Waals surface area contributed by atoms with Crippen LogP contribution in [0.5, 0.6) is 0 Å². The van der Waals surface area contributed by atoms with E-state index in [0.717, 1.165) is 19.3 Å². The number of carboxylic acids is 1. The molecule has 2 N–H and O–H groups in total. The van der Waals surface area contributed by atoms with E-state index in [1.54, 1.807) is 6.08 Å². The maximum atomic E-state index is 13.9. The Hall–Kier alpha value is -1.50. The summed E-state index contributed by atoms with van der Waals surface area (Å²) in [5.74, 6) is -5.32. The van der Waals surface area contributed by atoms with Crippen LogP contribution in [0, 0.1) is 5.92 Å². The first kappa shape index (κ1) is 23.5. The summed E-state index contributed by atoms with van der Waals surface area (Å²) in [7, 11) is 0. The van der Waals surface area contributed by atoms with Crippen molar-refractivity contribution in [2.24, 2.45) is 5.92 Å². The van der Waals surface area contributed by atoms with Crippen LogP contribution in [-0.2, 0) is 9.59 Å². The molecule has 1 aliphatic heterocycles. The number of unbranched alkanes of at least 4 members (excludes halogenated alkanes) is 4. The second-order valence-electron chi connectivity index (χ2n) is 7.53. The molecule has 27 heavy (non-hydrogen) atoms. The Morgan fingerprint density at radius 1 is 1.30 bits per heavy atom. The first-order valence-electron chi connectivity index (χ1n) is 9.96. The fraction of sp³-hybridized carbons (Fsp3) is 0.800. The molecule has 0 aliphatic carbocycles. The van der Waals surface area contributed by atoms with Crippen LogP contribution in [0.4, 0.5) is 8.78 Å². The van der Waals surface area contributed by atoms with Gasteiger partial charge in [-0.05, 0) is 25.2 Å². The van der Waals surface area contributed by atoms with E-state index in [9.17, 15) is 23.5 Å². The zero-order chi connectivity index (χ0) is 20.4. The lowest BCUT2D eigenvalue weighted by molar-refractivity contribution is -0.148. The third kappa shape index (κ3) is 7.95. The number of rotatable bonds is 13. The van der Waals surface area contributed by atoms with E-state index in [0.29, 0.717) is 25.7 Å². The number of amides is 1. The molecule has 7 heteroatoms. The molecule has 0 saturated carbocycles. The molecule has 0 bridgehead atoms. The Labute approximate surface area is 160 Å². The molecule has 0 aromatic heterocycles. The number of carboxylic acid groups (broad SMARTS) is 1. The fourth-order valence-corrected chi connectivity index (χ4v) is 3.30. The molecule has 5 nitrogen and oxygen atoms in total. The van der Waals surface area contributed by atoms with Gasteiger partial charge < -0.3 is 15.1 Å². The van der Waals surface area contributed by atoms with E-state index in [1.165, 1.54) is 11.0 Å². The topological polar surface area (TPSA) is 77.8 Å². The Balaban J connectivity index is 2.55. The molecule has 156 valence electrons. The number of halogens is 2. The summed E-state index contributed by atoms with van der Waals surface area (Å²) in [6, 6.07) is -0.709. The average Bonchev–Trinajstić information content (AvgIpc) is 2.82. The van der Waals surface area contributed by atoms with Crippen LogP contribution in [0.15, 0.2) is 12.2 Å². The van der Waals surface area contributed by atoms with Crippen LogP contribution >= 0.6 is 0 Å². The molecule has 1 aliphatic rings. The van der Waals surface area contributed by atoms with Gasteiger partial charge in [-0.15, -0.1) is 0 Å². The van der Waals surface area contributed by atoms with E-state index in [2.05, 4.69) is 6.92 Å². The van der Waals surface area contributed by atoms with Gasteiger partial charge in [0.15, 0.2) is 0 Å². The summed E-state index contributed by atoms with van der Waals surface area (Å²) in [5, 5.41) is 18.8. The highest BCUT2D eigenvalue weighted by Crippen LogP contribution is 2.34. The number of aliphatic hydroxyl groups is 1. The van der Waals surface area contributed by atoms with Crippen LogP contribution in [0.3, 0.4) is 0 Å². The predicted molar refractivity (Wildman–Crippen MR) is 99.6 cm³/mol. The number of aliphatic hydroxyl groups excluding tert-OH is 1. The lowest BCUT2D eigenvalue weighted by Gasteiger charge is -2.22. The van der Waals surface area contributed by atoms with Crippen molar-refractivity contribution in [3.05, 3.63) is 12.2 Å². The largest absolute Gasteiger partial charge is 0.481 e. The number of carbonyl (C=O) groups excluding carboxylic acids is 1. The SMILES string of the molecule is CCCC[C@H](C)[C@H](O)C=CC1CC(F)(F)C(=O)N1CCCCCCC(=O)O. The average molecular weight is 389 g/mol. The van der Waals surface area contributed by atoms with Crippen molar-refractivity contribution in [3.8, 4) is 0 Å². The maximum Gasteiger partial charge on any atom is 0.327 e. The van der Waals surface area contributed by atoms with Crippen molar-refractivity contribution in [1.82, 2.24) is 4.90 Å². The van der Waals surface area contributed by atoms with Crippen LogP contribution in [0.25, 0.3) is 0 Å². The molecule has 0 spiro atoms. The minimum absolute atomic E-state index is 0.0431. The number of alkyl halides is 2. The zero-order valence-corrected chi connectivity index (χ0v) is 16.4. The quantitative estimate of drug-likeness (QED) is 0.369. The summed E-state index contributed by atoms with van der Waals surface area (Å²) >= 11 is 0. The van der Waals surface area contributed by atoms with Gasteiger partial charge in [0.25, 0.3) is 5.91 Å². The van der Waals surface area contributed by atoms with Crippen molar-refractivity contribution in [3.63, 3.8) is 0 Å². The normalized spacial score (nSPS) is 21.7. The van der Waals surface area contributed by atoms with Crippen molar-refractivity contribution in [2.45, 2.75) is 89.7 Å². The molecular weight excluding hydrogens is 356 g/mol. The molecule has 1 rings (SSSR count). The van der Waals surface area contributed by atoms with E-state index in [1.807, 2.05) is 6.92 Å². The minimum Gasteiger partial charge on any atom is -0.481 e. The third-order valence-corrected chi connectivity index (χ3v) is 5.11. The molecule has 1 heterocycles. The van der Waals surface area contributed by atoms with Crippen molar-refractivity contribution in [2.75, 3.05) is 6.54 Å². The summed E-state index contributed by atoms with van der Waals surface area (Å²) in [6.07, 6.45) is 7.29. The monoisotopic (exact) mass is 389 g/mol.